The van der Waals surface area contributed by atoms with E-state index in [0.29, 0.717) is 19.6 Å². The predicted molar refractivity (Wildman–Crippen MR) is 57.6 cm³/mol. The van der Waals surface area contributed by atoms with Crippen molar-refractivity contribution >= 4 is 16.0 Å². The molecule has 0 amide bonds. The summed E-state index contributed by atoms with van der Waals surface area (Å²) in [6.07, 6.45) is 1.56. The van der Waals surface area contributed by atoms with Gasteiger partial charge in [-0.1, -0.05) is 6.92 Å². The summed E-state index contributed by atoms with van der Waals surface area (Å²) in [6, 6.07) is 0. The first-order chi connectivity index (χ1) is 6.97. The van der Waals surface area contributed by atoms with Gasteiger partial charge in [0.25, 0.3) is 10.2 Å². The van der Waals surface area contributed by atoms with E-state index in [1.807, 2.05) is 0 Å². The van der Waals surface area contributed by atoms with Crippen LogP contribution in [-0.4, -0.2) is 38.1 Å². The van der Waals surface area contributed by atoms with Crippen molar-refractivity contribution in [3.8, 4) is 0 Å². The number of carbonyl (C=O) groups is 1. The topological polar surface area (TPSA) is 66.5 Å². The lowest BCUT2D eigenvalue weighted by molar-refractivity contribution is -0.121. The number of piperidine rings is 1. The molecule has 1 unspecified atom stereocenters. The second-order valence-corrected chi connectivity index (χ2v) is 5.57. The third kappa shape index (κ3) is 3.25. The quantitative estimate of drug-likeness (QED) is 0.752. The highest BCUT2D eigenvalue weighted by molar-refractivity contribution is 7.87. The van der Waals surface area contributed by atoms with E-state index in [2.05, 4.69) is 4.72 Å². The third-order valence-corrected chi connectivity index (χ3v) is 4.29. The van der Waals surface area contributed by atoms with Gasteiger partial charge in [-0.2, -0.15) is 12.7 Å². The van der Waals surface area contributed by atoms with E-state index in [1.54, 1.807) is 6.92 Å². The molecule has 0 spiro atoms. The molecule has 0 bridgehead atoms. The normalized spacial score (nSPS) is 24.0. The average molecular weight is 234 g/mol. The fourth-order valence-corrected chi connectivity index (χ4v) is 3.06. The summed E-state index contributed by atoms with van der Waals surface area (Å²) >= 11 is 0. The molecule has 0 aromatic heterocycles. The second-order valence-electron chi connectivity index (χ2n) is 3.81. The van der Waals surface area contributed by atoms with Crippen LogP contribution in [-0.2, 0) is 15.0 Å². The van der Waals surface area contributed by atoms with Gasteiger partial charge in [0.1, 0.15) is 5.78 Å². The molecule has 5 nitrogen and oxygen atoms in total. The van der Waals surface area contributed by atoms with Crippen molar-refractivity contribution < 1.29 is 13.2 Å². The van der Waals surface area contributed by atoms with Gasteiger partial charge in [0.05, 0.1) is 0 Å². The Hall–Kier alpha value is -0.460. The first kappa shape index (κ1) is 12.6. The smallest absolute Gasteiger partial charge is 0.279 e. The molecule has 0 aromatic rings. The van der Waals surface area contributed by atoms with Gasteiger partial charge in [-0.05, 0) is 19.8 Å². The fraction of sp³-hybridized carbons (Fsp3) is 0.889. The van der Waals surface area contributed by atoms with E-state index in [4.69, 9.17) is 0 Å². The minimum Gasteiger partial charge on any atom is -0.300 e. The Balaban J connectivity index is 2.67. The molecular weight excluding hydrogens is 216 g/mol. The summed E-state index contributed by atoms with van der Waals surface area (Å²) in [7, 11) is -3.37. The molecule has 6 heteroatoms. The van der Waals surface area contributed by atoms with Gasteiger partial charge in [-0.3, -0.25) is 4.79 Å². The molecule has 1 fully saturated rings. The van der Waals surface area contributed by atoms with Crippen LogP contribution < -0.4 is 4.72 Å². The molecule has 88 valence electrons. The number of carbonyl (C=O) groups excluding carboxylic acids is 1. The summed E-state index contributed by atoms with van der Waals surface area (Å²) in [6.45, 7) is 4.48. The summed E-state index contributed by atoms with van der Waals surface area (Å²) in [5, 5.41) is 0. The molecule has 15 heavy (non-hydrogen) atoms. The molecule has 0 aliphatic carbocycles. The van der Waals surface area contributed by atoms with Gasteiger partial charge < -0.3 is 0 Å². The molecule has 0 saturated carbocycles. The van der Waals surface area contributed by atoms with Crippen LogP contribution in [0.3, 0.4) is 0 Å². The molecule has 0 aromatic carbocycles. The van der Waals surface area contributed by atoms with Gasteiger partial charge >= 0.3 is 0 Å². The maximum absolute atomic E-state index is 11.7. The summed E-state index contributed by atoms with van der Waals surface area (Å²) in [5.41, 5.74) is 0. The highest BCUT2D eigenvalue weighted by Crippen LogP contribution is 2.19. The number of ketones is 1. The zero-order valence-corrected chi connectivity index (χ0v) is 10.0. The van der Waals surface area contributed by atoms with E-state index in [1.165, 1.54) is 11.2 Å². The van der Waals surface area contributed by atoms with Crippen LogP contribution in [0.4, 0.5) is 0 Å². The monoisotopic (exact) mass is 234 g/mol. The molecule has 1 N–H and O–H groups in total. The highest BCUT2D eigenvalue weighted by Gasteiger charge is 2.30. The molecule has 0 radical (unpaired) electrons. The van der Waals surface area contributed by atoms with Gasteiger partial charge in [-0.25, -0.2) is 4.72 Å². The number of hydrogen-bond donors (Lipinski definition) is 1. The second kappa shape index (κ2) is 5.05. The van der Waals surface area contributed by atoms with Crippen LogP contribution in [0.25, 0.3) is 0 Å². The van der Waals surface area contributed by atoms with Crippen LogP contribution in [0, 0.1) is 5.92 Å². The Morgan fingerprint density at radius 2 is 2.20 bits per heavy atom. The minimum atomic E-state index is -3.37. The van der Waals surface area contributed by atoms with Gasteiger partial charge in [0, 0.05) is 25.6 Å². The van der Waals surface area contributed by atoms with E-state index in [0.717, 1.165) is 12.8 Å². The molecule has 1 rings (SSSR count). The van der Waals surface area contributed by atoms with Crippen LogP contribution in [0.15, 0.2) is 0 Å². The lowest BCUT2D eigenvalue weighted by Crippen LogP contribution is -2.47. The number of Topliss-reactive ketones (excluding diaryl/α,β-unsaturated/α-hetero) is 1. The molecular formula is C9H18N2O3S. The Bertz CT molecular complexity index is 326. The first-order valence-corrected chi connectivity index (χ1v) is 6.66. The van der Waals surface area contributed by atoms with Crippen molar-refractivity contribution in [1.29, 1.82) is 0 Å². The Morgan fingerprint density at radius 1 is 1.53 bits per heavy atom. The molecule has 1 atom stereocenters. The maximum Gasteiger partial charge on any atom is 0.279 e. The minimum absolute atomic E-state index is 0.0754. The zero-order valence-electron chi connectivity index (χ0n) is 9.19. The Labute approximate surface area is 91.0 Å². The van der Waals surface area contributed by atoms with E-state index < -0.39 is 10.2 Å². The Morgan fingerprint density at radius 3 is 2.73 bits per heavy atom. The van der Waals surface area contributed by atoms with Crippen molar-refractivity contribution in [3.63, 3.8) is 0 Å². The van der Waals surface area contributed by atoms with Gasteiger partial charge in [-0.15, -0.1) is 0 Å². The van der Waals surface area contributed by atoms with Gasteiger partial charge in [0.2, 0.25) is 0 Å². The van der Waals surface area contributed by atoms with Crippen molar-refractivity contribution in [2.24, 2.45) is 5.92 Å². The van der Waals surface area contributed by atoms with Crippen molar-refractivity contribution in [3.05, 3.63) is 0 Å². The van der Waals surface area contributed by atoms with Crippen LogP contribution in [0.5, 0.6) is 0 Å². The highest BCUT2D eigenvalue weighted by atomic mass is 32.2. The first-order valence-electron chi connectivity index (χ1n) is 5.22. The van der Waals surface area contributed by atoms with E-state index >= 15 is 0 Å². The largest absolute Gasteiger partial charge is 0.300 e. The SMILES string of the molecule is CCNS(=O)(=O)N1CCCC(C(C)=O)C1. The lowest BCUT2D eigenvalue weighted by Gasteiger charge is -2.30. The van der Waals surface area contributed by atoms with Gasteiger partial charge in [0.15, 0.2) is 0 Å². The standard InChI is InChI=1S/C9H18N2O3S/c1-3-10-15(13,14)11-6-4-5-9(7-11)8(2)12/h9-10H,3-7H2,1-2H3. The number of rotatable bonds is 4. The van der Waals surface area contributed by atoms with Crippen molar-refractivity contribution in [2.45, 2.75) is 26.7 Å². The molecule has 1 saturated heterocycles. The summed E-state index contributed by atoms with van der Waals surface area (Å²) < 4.78 is 27.1. The molecule has 1 aliphatic rings. The summed E-state index contributed by atoms with van der Waals surface area (Å²) in [5.74, 6) is -0.0569. The van der Waals surface area contributed by atoms with Crippen LogP contribution >= 0.6 is 0 Å². The van der Waals surface area contributed by atoms with Crippen molar-refractivity contribution in [1.82, 2.24) is 9.03 Å². The Kier molecular flexibility index (Phi) is 4.24. The molecule has 1 heterocycles. The van der Waals surface area contributed by atoms with E-state index in [-0.39, 0.29) is 11.7 Å². The predicted octanol–water partition coefficient (Wildman–Crippen LogP) is 0.142. The maximum atomic E-state index is 11.7. The number of nitrogens with zero attached hydrogens (tertiary/aromatic N) is 1. The molecule has 1 aliphatic heterocycles. The summed E-state index contributed by atoms with van der Waals surface area (Å²) in [4.78, 5) is 11.2. The lowest BCUT2D eigenvalue weighted by atomic mass is 9.96. The third-order valence-electron chi connectivity index (χ3n) is 2.63. The zero-order chi connectivity index (χ0) is 11.5. The number of nitrogens with one attached hydrogen (secondary N) is 1. The fourth-order valence-electron chi connectivity index (χ4n) is 1.77. The number of hydrogen-bond acceptors (Lipinski definition) is 3. The van der Waals surface area contributed by atoms with Crippen LogP contribution in [0.2, 0.25) is 0 Å². The van der Waals surface area contributed by atoms with E-state index in [9.17, 15) is 13.2 Å². The van der Waals surface area contributed by atoms with Crippen LogP contribution in [0.1, 0.15) is 26.7 Å². The van der Waals surface area contributed by atoms with Crippen molar-refractivity contribution in [2.75, 3.05) is 19.6 Å². The average Bonchev–Trinajstić information content (AvgIpc) is 2.18.